The lowest BCUT2D eigenvalue weighted by atomic mass is 10.1. The third-order valence-corrected chi connectivity index (χ3v) is 1.95. The van der Waals surface area contributed by atoms with Crippen LogP contribution >= 0.6 is 0 Å². The van der Waals surface area contributed by atoms with E-state index in [0.717, 1.165) is 10.9 Å². The average Bonchev–Trinajstić information content (AvgIpc) is 2.26. The summed E-state index contributed by atoms with van der Waals surface area (Å²) in [7, 11) is 0. The van der Waals surface area contributed by atoms with E-state index >= 15 is 0 Å². The Bertz CT molecular complexity index is 573. The summed E-state index contributed by atoms with van der Waals surface area (Å²) in [6.07, 6.45) is 1.69. The Hall–Kier alpha value is -2.34. The Balaban J connectivity index is 2.63. The minimum absolute atomic E-state index is 0.683. The number of fused-ring (bicyclic) bond motifs is 1. The molecule has 15 heavy (non-hydrogen) atoms. The second kappa shape index (κ2) is 3.81. The van der Waals surface area contributed by atoms with Gasteiger partial charge in [-0.05, 0) is 18.2 Å². The van der Waals surface area contributed by atoms with Gasteiger partial charge in [-0.3, -0.25) is 4.98 Å². The molecule has 0 atom stereocenters. The maximum Gasteiger partial charge on any atom is 0.382 e. The van der Waals surface area contributed by atoms with E-state index in [2.05, 4.69) is 16.8 Å². The van der Waals surface area contributed by atoms with Crippen LogP contribution in [0.4, 0.5) is 0 Å². The molecule has 1 aromatic heterocycles. The Morgan fingerprint density at radius 1 is 1.27 bits per heavy atom. The molecule has 0 amide bonds. The number of aromatic nitrogens is 1. The van der Waals surface area contributed by atoms with E-state index in [9.17, 15) is 4.79 Å². The number of nitrogens with zero attached hydrogens (tertiary/aromatic N) is 1. The molecule has 0 aliphatic heterocycles. The fraction of sp³-hybridized carbons (Fsp3) is 0. The van der Waals surface area contributed by atoms with Gasteiger partial charge >= 0.3 is 5.97 Å². The molecule has 0 aliphatic carbocycles. The molecule has 0 saturated carbocycles. The molecular weight excluding hydrogens is 190 g/mol. The molecule has 0 spiro atoms. The predicted octanol–water partition coefficient (Wildman–Crippen LogP) is 1.67. The first-order valence-corrected chi connectivity index (χ1v) is 4.36. The zero-order valence-corrected chi connectivity index (χ0v) is 7.77. The Labute approximate surface area is 86.4 Å². The Morgan fingerprint density at radius 2 is 2.13 bits per heavy atom. The van der Waals surface area contributed by atoms with Crippen molar-refractivity contribution in [3.05, 3.63) is 42.1 Å². The van der Waals surface area contributed by atoms with Crippen LogP contribution in [0.2, 0.25) is 0 Å². The van der Waals surface area contributed by atoms with Gasteiger partial charge in [0.2, 0.25) is 0 Å². The van der Waals surface area contributed by atoms with Gasteiger partial charge in [0.15, 0.2) is 0 Å². The molecule has 0 fully saturated rings. The molecule has 0 bridgehead atoms. The quantitative estimate of drug-likeness (QED) is 0.653. The summed E-state index contributed by atoms with van der Waals surface area (Å²) in [4.78, 5) is 14.5. The van der Waals surface area contributed by atoms with Gasteiger partial charge in [-0.2, -0.15) is 0 Å². The van der Waals surface area contributed by atoms with Crippen LogP contribution in [0.15, 0.2) is 36.5 Å². The Morgan fingerprint density at radius 3 is 2.93 bits per heavy atom. The number of carboxylic acid groups (broad SMARTS) is 1. The van der Waals surface area contributed by atoms with Crippen LogP contribution in [0, 0.1) is 11.8 Å². The number of benzene rings is 1. The van der Waals surface area contributed by atoms with Gasteiger partial charge in [-0.1, -0.05) is 18.1 Å². The summed E-state index contributed by atoms with van der Waals surface area (Å²) in [5.74, 6) is 3.56. The highest BCUT2D eigenvalue weighted by Gasteiger charge is 1.97. The van der Waals surface area contributed by atoms with Crippen molar-refractivity contribution in [2.45, 2.75) is 0 Å². The normalized spacial score (nSPS) is 9.33. The summed E-state index contributed by atoms with van der Waals surface area (Å²) >= 11 is 0. The van der Waals surface area contributed by atoms with Crippen LogP contribution in [-0.2, 0) is 4.79 Å². The van der Waals surface area contributed by atoms with E-state index in [0.29, 0.717) is 5.56 Å². The van der Waals surface area contributed by atoms with E-state index in [1.165, 1.54) is 0 Å². The lowest BCUT2D eigenvalue weighted by molar-refractivity contribution is -0.130. The van der Waals surface area contributed by atoms with Gasteiger partial charge in [0.1, 0.15) is 0 Å². The highest BCUT2D eigenvalue weighted by atomic mass is 16.4. The van der Waals surface area contributed by atoms with Crippen molar-refractivity contribution >= 4 is 16.9 Å². The molecule has 0 saturated heterocycles. The smallest absolute Gasteiger partial charge is 0.382 e. The first kappa shape index (κ1) is 9.22. The van der Waals surface area contributed by atoms with Gasteiger partial charge in [-0.15, -0.1) is 0 Å². The highest BCUT2D eigenvalue weighted by molar-refractivity contribution is 5.90. The first-order chi connectivity index (χ1) is 7.27. The van der Waals surface area contributed by atoms with Gasteiger partial charge in [-0.25, -0.2) is 4.79 Å². The predicted molar refractivity (Wildman–Crippen MR) is 56.3 cm³/mol. The molecule has 2 rings (SSSR count). The summed E-state index contributed by atoms with van der Waals surface area (Å²) < 4.78 is 0. The minimum Gasteiger partial charge on any atom is -0.472 e. The highest BCUT2D eigenvalue weighted by Crippen LogP contribution is 2.14. The number of carboxylic acids is 1. The second-order valence-electron chi connectivity index (χ2n) is 2.93. The molecule has 0 unspecified atom stereocenters. The van der Waals surface area contributed by atoms with Gasteiger partial charge in [0.25, 0.3) is 0 Å². The van der Waals surface area contributed by atoms with Crippen LogP contribution in [0.5, 0.6) is 0 Å². The molecule has 1 N–H and O–H groups in total. The Kier molecular flexibility index (Phi) is 2.34. The largest absolute Gasteiger partial charge is 0.472 e. The summed E-state index contributed by atoms with van der Waals surface area (Å²) in [6, 6.07) is 9.12. The van der Waals surface area contributed by atoms with Crippen molar-refractivity contribution in [2.75, 3.05) is 0 Å². The van der Waals surface area contributed by atoms with Crippen LogP contribution < -0.4 is 0 Å². The molecular formula is C12H7NO2. The number of hydrogen-bond acceptors (Lipinski definition) is 2. The fourth-order valence-corrected chi connectivity index (χ4v) is 1.33. The average molecular weight is 197 g/mol. The SMILES string of the molecule is O=C(O)C#Cc1cccc2ncccc12. The van der Waals surface area contributed by atoms with Crippen LogP contribution in [0.3, 0.4) is 0 Å². The zero-order chi connectivity index (χ0) is 10.7. The summed E-state index contributed by atoms with van der Waals surface area (Å²) in [5.41, 5.74) is 1.50. The molecule has 2 aromatic rings. The standard InChI is InChI=1S/C12H7NO2/c14-12(15)7-6-9-3-1-5-11-10(9)4-2-8-13-11/h1-5,8H,(H,14,15). The zero-order valence-electron chi connectivity index (χ0n) is 7.77. The number of carbonyl (C=O) groups is 1. The van der Waals surface area contributed by atoms with Crippen LogP contribution in [0.1, 0.15) is 5.56 Å². The van der Waals surface area contributed by atoms with Crippen LogP contribution in [0.25, 0.3) is 10.9 Å². The van der Waals surface area contributed by atoms with Crippen molar-refractivity contribution in [3.8, 4) is 11.8 Å². The number of aliphatic carboxylic acids is 1. The van der Waals surface area contributed by atoms with E-state index in [-0.39, 0.29) is 0 Å². The monoisotopic (exact) mass is 197 g/mol. The van der Waals surface area contributed by atoms with E-state index in [1.807, 2.05) is 12.1 Å². The molecule has 0 radical (unpaired) electrons. The molecule has 1 heterocycles. The molecule has 1 aromatic carbocycles. The molecule has 3 heteroatoms. The molecule has 0 aliphatic rings. The first-order valence-electron chi connectivity index (χ1n) is 4.36. The minimum atomic E-state index is -1.13. The number of pyridine rings is 1. The molecule has 72 valence electrons. The topological polar surface area (TPSA) is 50.2 Å². The maximum absolute atomic E-state index is 10.3. The fourth-order valence-electron chi connectivity index (χ4n) is 1.33. The van der Waals surface area contributed by atoms with Crippen molar-refractivity contribution in [1.82, 2.24) is 4.98 Å². The maximum atomic E-state index is 10.3. The van der Waals surface area contributed by atoms with E-state index in [4.69, 9.17) is 5.11 Å². The number of rotatable bonds is 0. The molecule has 3 nitrogen and oxygen atoms in total. The lowest BCUT2D eigenvalue weighted by Gasteiger charge is -1.97. The van der Waals surface area contributed by atoms with Crippen molar-refractivity contribution in [3.63, 3.8) is 0 Å². The van der Waals surface area contributed by atoms with Crippen molar-refractivity contribution in [2.24, 2.45) is 0 Å². The van der Waals surface area contributed by atoms with E-state index < -0.39 is 5.97 Å². The van der Waals surface area contributed by atoms with E-state index in [1.54, 1.807) is 24.4 Å². The lowest BCUT2D eigenvalue weighted by Crippen LogP contribution is -1.88. The van der Waals surface area contributed by atoms with Gasteiger partial charge in [0.05, 0.1) is 5.52 Å². The number of hydrogen-bond donors (Lipinski definition) is 1. The van der Waals surface area contributed by atoms with Crippen molar-refractivity contribution < 1.29 is 9.90 Å². The van der Waals surface area contributed by atoms with Crippen molar-refractivity contribution in [1.29, 1.82) is 0 Å². The third kappa shape index (κ3) is 1.94. The van der Waals surface area contributed by atoms with Gasteiger partial charge in [0, 0.05) is 23.1 Å². The van der Waals surface area contributed by atoms with Gasteiger partial charge < -0.3 is 5.11 Å². The summed E-state index contributed by atoms with van der Waals surface area (Å²) in [6.45, 7) is 0. The summed E-state index contributed by atoms with van der Waals surface area (Å²) in [5, 5.41) is 9.33. The van der Waals surface area contributed by atoms with Crippen LogP contribution in [-0.4, -0.2) is 16.1 Å². The third-order valence-electron chi connectivity index (χ3n) is 1.95. The second-order valence-corrected chi connectivity index (χ2v) is 2.93.